The van der Waals surface area contributed by atoms with Crippen LogP contribution in [0.4, 0.5) is 5.69 Å². The number of benzene rings is 1. The van der Waals surface area contributed by atoms with Gasteiger partial charge in [0.25, 0.3) is 0 Å². The Morgan fingerprint density at radius 3 is 2.94 bits per heavy atom. The van der Waals surface area contributed by atoms with Crippen LogP contribution in [0.2, 0.25) is 0 Å². The number of anilines is 1. The summed E-state index contributed by atoms with van der Waals surface area (Å²) in [5.41, 5.74) is 2.18. The summed E-state index contributed by atoms with van der Waals surface area (Å²) in [6, 6.07) is 8.22. The van der Waals surface area contributed by atoms with Crippen LogP contribution < -0.4 is 10.6 Å². The van der Waals surface area contributed by atoms with Gasteiger partial charge in [-0.1, -0.05) is 31.3 Å². The van der Waals surface area contributed by atoms with E-state index in [2.05, 4.69) is 16.7 Å². The minimum atomic E-state index is 0.140. The molecule has 4 heteroatoms. The Bertz CT molecular complexity index is 393. The maximum absolute atomic E-state index is 10.3. The fourth-order valence-electron chi connectivity index (χ4n) is 1.55. The van der Waals surface area contributed by atoms with Gasteiger partial charge in [0, 0.05) is 11.7 Å². The van der Waals surface area contributed by atoms with E-state index in [9.17, 15) is 4.79 Å². The highest BCUT2D eigenvalue weighted by Gasteiger charge is 2.03. The molecule has 0 aliphatic rings. The number of thiocarbonyl (C=S) groups is 1. The molecule has 1 amide bonds. The molecule has 1 aromatic carbocycles. The zero-order chi connectivity index (χ0) is 12.7. The van der Waals surface area contributed by atoms with Crippen molar-refractivity contribution in [1.29, 1.82) is 0 Å². The lowest BCUT2D eigenvalue weighted by Crippen LogP contribution is -2.26. The molecule has 2 N–H and O–H groups in total. The minimum absolute atomic E-state index is 0.140. The molecule has 0 radical (unpaired) electrons. The third kappa shape index (κ3) is 4.95. The van der Waals surface area contributed by atoms with Crippen molar-refractivity contribution in [1.82, 2.24) is 5.32 Å². The summed E-state index contributed by atoms with van der Waals surface area (Å²) in [4.78, 5) is 11.2. The van der Waals surface area contributed by atoms with Crippen molar-refractivity contribution in [3.63, 3.8) is 0 Å². The zero-order valence-corrected chi connectivity index (χ0v) is 11.0. The summed E-state index contributed by atoms with van der Waals surface area (Å²) in [5.74, 6) is 0. The van der Waals surface area contributed by atoms with E-state index in [1.165, 1.54) is 5.56 Å². The number of hydrogen-bond acceptors (Lipinski definition) is 2. The van der Waals surface area contributed by atoms with Crippen LogP contribution in [0.1, 0.15) is 25.8 Å². The third-order valence-electron chi connectivity index (χ3n) is 2.43. The Morgan fingerprint density at radius 2 is 2.29 bits per heavy atom. The van der Waals surface area contributed by atoms with E-state index in [4.69, 9.17) is 12.2 Å². The number of amides is 1. The summed E-state index contributed by atoms with van der Waals surface area (Å²) >= 11 is 5.14. The van der Waals surface area contributed by atoms with E-state index in [1.54, 1.807) is 0 Å². The minimum Gasteiger partial charge on any atom is -0.356 e. The van der Waals surface area contributed by atoms with Crippen molar-refractivity contribution in [2.75, 3.05) is 5.32 Å². The Hall–Kier alpha value is -1.42. The first kappa shape index (κ1) is 13.6. The average molecular weight is 250 g/mol. The van der Waals surface area contributed by atoms with Crippen molar-refractivity contribution in [2.45, 2.75) is 32.7 Å². The van der Waals surface area contributed by atoms with Crippen LogP contribution in [0.3, 0.4) is 0 Å². The van der Waals surface area contributed by atoms with Gasteiger partial charge in [0.2, 0.25) is 6.41 Å². The molecule has 0 spiro atoms. The highest BCUT2D eigenvalue weighted by atomic mass is 32.1. The molecule has 0 aliphatic heterocycles. The molecule has 0 saturated heterocycles. The van der Waals surface area contributed by atoms with Crippen molar-refractivity contribution in [3.05, 3.63) is 29.8 Å². The molecule has 0 saturated carbocycles. The summed E-state index contributed by atoms with van der Waals surface area (Å²) in [5, 5.41) is 5.92. The molecule has 1 rings (SSSR count). The predicted octanol–water partition coefficient (Wildman–Crippen LogP) is 2.51. The van der Waals surface area contributed by atoms with Crippen molar-refractivity contribution < 1.29 is 4.79 Å². The van der Waals surface area contributed by atoms with E-state index in [-0.39, 0.29) is 6.04 Å². The summed E-state index contributed by atoms with van der Waals surface area (Å²) in [6.45, 7) is 4.00. The van der Waals surface area contributed by atoms with Gasteiger partial charge >= 0.3 is 0 Å². The highest BCUT2D eigenvalue weighted by Crippen LogP contribution is 2.13. The van der Waals surface area contributed by atoms with Gasteiger partial charge < -0.3 is 10.6 Å². The van der Waals surface area contributed by atoms with E-state index in [1.807, 2.05) is 32.0 Å². The van der Waals surface area contributed by atoms with Crippen LogP contribution in [0.5, 0.6) is 0 Å². The quantitative estimate of drug-likeness (QED) is 0.602. The van der Waals surface area contributed by atoms with Crippen LogP contribution in [-0.4, -0.2) is 17.4 Å². The van der Waals surface area contributed by atoms with E-state index in [0.29, 0.717) is 0 Å². The average Bonchev–Trinajstić information content (AvgIpc) is 2.29. The largest absolute Gasteiger partial charge is 0.356 e. The monoisotopic (exact) mass is 250 g/mol. The first-order valence-electron chi connectivity index (χ1n) is 5.74. The van der Waals surface area contributed by atoms with Crippen molar-refractivity contribution in [2.24, 2.45) is 0 Å². The number of rotatable bonds is 6. The fraction of sp³-hybridized carbons (Fsp3) is 0.385. The second kappa shape index (κ2) is 7.01. The number of carbonyl (C=O) groups excluding carboxylic acids is 1. The molecule has 0 heterocycles. The van der Waals surface area contributed by atoms with Gasteiger partial charge in [-0.2, -0.15) is 0 Å². The Kier molecular flexibility index (Phi) is 5.63. The zero-order valence-electron chi connectivity index (χ0n) is 10.2. The molecular formula is C13H18N2OS. The molecule has 92 valence electrons. The van der Waals surface area contributed by atoms with Crippen LogP contribution in [0.25, 0.3) is 0 Å². The van der Waals surface area contributed by atoms with E-state index in [0.717, 1.165) is 29.9 Å². The Morgan fingerprint density at radius 1 is 1.53 bits per heavy atom. The first-order chi connectivity index (χ1) is 8.15. The molecular weight excluding hydrogens is 232 g/mol. The lowest BCUT2D eigenvalue weighted by Gasteiger charge is -2.12. The van der Waals surface area contributed by atoms with Gasteiger partial charge in [-0.05, 0) is 37.5 Å². The number of carbonyl (C=O) groups is 1. The standard InChI is InChI=1S/C13H18N2OS/c1-3-13(17)15-12-6-4-5-11(8-12)7-10(2)14-9-16/h4-6,8-10H,3,7H2,1-2H3,(H,14,16)(H,15,17). The van der Waals surface area contributed by atoms with Gasteiger partial charge in [-0.15, -0.1) is 0 Å². The molecule has 0 fully saturated rings. The molecule has 1 unspecified atom stereocenters. The maximum atomic E-state index is 10.3. The van der Waals surface area contributed by atoms with Crippen molar-refractivity contribution in [3.8, 4) is 0 Å². The molecule has 17 heavy (non-hydrogen) atoms. The number of nitrogens with one attached hydrogen (secondary N) is 2. The highest BCUT2D eigenvalue weighted by molar-refractivity contribution is 7.80. The lowest BCUT2D eigenvalue weighted by molar-refractivity contribution is -0.110. The summed E-state index contributed by atoms with van der Waals surface area (Å²) < 4.78 is 0. The fourth-order valence-corrected chi connectivity index (χ4v) is 1.67. The van der Waals surface area contributed by atoms with Gasteiger partial charge in [-0.25, -0.2) is 0 Å². The van der Waals surface area contributed by atoms with Gasteiger partial charge in [0.15, 0.2) is 0 Å². The summed E-state index contributed by atoms with van der Waals surface area (Å²) in [6.07, 6.45) is 2.38. The third-order valence-corrected chi connectivity index (χ3v) is 2.82. The Labute approximate surface area is 108 Å². The molecule has 3 nitrogen and oxygen atoms in total. The van der Waals surface area contributed by atoms with E-state index >= 15 is 0 Å². The SMILES string of the molecule is CCC(=S)Nc1cccc(CC(C)NC=O)c1. The normalized spacial score (nSPS) is 11.6. The number of hydrogen-bond donors (Lipinski definition) is 2. The van der Waals surface area contributed by atoms with Crippen molar-refractivity contribution >= 4 is 29.3 Å². The van der Waals surface area contributed by atoms with Gasteiger partial charge in [-0.3, -0.25) is 4.79 Å². The second-order valence-corrected chi connectivity index (χ2v) is 4.48. The lowest BCUT2D eigenvalue weighted by atomic mass is 10.1. The van der Waals surface area contributed by atoms with Crippen LogP contribution in [0, 0.1) is 0 Å². The van der Waals surface area contributed by atoms with Gasteiger partial charge in [0.05, 0.1) is 4.99 Å². The molecule has 1 aromatic rings. The Balaban J connectivity index is 2.65. The first-order valence-corrected chi connectivity index (χ1v) is 6.15. The predicted molar refractivity (Wildman–Crippen MR) is 75.3 cm³/mol. The molecule has 1 atom stereocenters. The van der Waals surface area contributed by atoms with Crippen LogP contribution in [-0.2, 0) is 11.2 Å². The molecule has 0 aliphatic carbocycles. The van der Waals surface area contributed by atoms with E-state index < -0.39 is 0 Å². The molecule has 0 aromatic heterocycles. The smallest absolute Gasteiger partial charge is 0.207 e. The second-order valence-electron chi connectivity index (χ2n) is 3.99. The van der Waals surface area contributed by atoms with Crippen LogP contribution >= 0.6 is 12.2 Å². The topological polar surface area (TPSA) is 41.1 Å². The molecule has 0 bridgehead atoms. The summed E-state index contributed by atoms with van der Waals surface area (Å²) in [7, 11) is 0. The maximum Gasteiger partial charge on any atom is 0.207 e. The van der Waals surface area contributed by atoms with Crippen LogP contribution in [0.15, 0.2) is 24.3 Å². The van der Waals surface area contributed by atoms with Gasteiger partial charge in [0.1, 0.15) is 0 Å².